The second-order valence-electron chi connectivity index (χ2n) is 12.6. The van der Waals surface area contributed by atoms with Crippen LogP contribution < -0.4 is 20.0 Å². The highest BCUT2D eigenvalue weighted by Crippen LogP contribution is 2.49. The summed E-state index contributed by atoms with van der Waals surface area (Å²) < 4.78 is 0. The minimum absolute atomic E-state index is 0.104. The molecule has 0 saturated carbocycles. The Morgan fingerprint density at radius 3 is 0.828 bits per heavy atom. The number of phenols is 2. The zero-order valence-electron chi connectivity index (χ0n) is 36.3. The molecule has 0 fully saturated rings. The number of hydrogen-bond donors (Lipinski definition) is 2. The SMILES string of the molecule is CC.CC.CC.CC.Cc1ccccc1N(c1ccc(C2=C([O-])C(c3ccc(N(c4ccccc4C)c4ccccc4C)cc3O)=C2[O-])c(O)c1)c1ccccc1C. The quantitative estimate of drug-likeness (QED) is 0.160. The van der Waals surface area contributed by atoms with Gasteiger partial charge in [0.2, 0.25) is 0 Å². The molecular weight excluding hydrogens is 717 g/mol. The first-order valence-electron chi connectivity index (χ1n) is 20.5. The average Bonchev–Trinajstić information content (AvgIpc) is 3.25. The van der Waals surface area contributed by atoms with E-state index < -0.39 is 11.5 Å². The van der Waals surface area contributed by atoms with E-state index in [2.05, 4.69) is 9.80 Å². The monoisotopic (exact) mass is 776 g/mol. The number of para-hydroxylation sites is 4. The molecule has 304 valence electrons. The van der Waals surface area contributed by atoms with Crippen molar-refractivity contribution in [1.29, 1.82) is 0 Å². The molecule has 6 aromatic carbocycles. The van der Waals surface area contributed by atoms with E-state index in [0.717, 1.165) is 45.0 Å². The number of allylic oxidation sites excluding steroid dienone is 2. The van der Waals surface area contributed by atoms with E-state index in [1.54, 1.807) is 36.4 Å². The molecule has 58 heavy (non-hydrogen) atoms. The van der Waals surface area contributed by atoms with Crippen molar-refractivity contribution < 1.29 is 20.4 Å². The first-order chi connectivity index (χ1) is 28.2. The molecule has 6 heteroatoms. The summed E-state index contributed by atoms with van der Waals surface area (Å²) in [5.41, 5.74) is 9.40. The summed E-state index contributed by atoms with van der Waals surface area (Å²) in [6.45, 7) is 24.1. The number of anilines is 6. The molecule has 0 aliphatic heterocycles. The number of rotatable bonds is 8. The van der Waals surface area contributed by atoms with Crippen molar-refractivity contribution in [2.75, 3.05) is 9.80 Å². The van der Waals surface area contributed by atoms with Crippen LogP contribution in [-0.4, -0.2) is 10.2 Å². The van der Waals surface area contributed by atoms with Crippen molar-refractivity contribution in [2.45, 2.75) is 83.1 Å². The van der Waals surface area contributed by atoms with Crippen LogP contribution in [0, 0.1) is 27.7 Å². The van der Waals surface area contributed by atoms with Gasteiger partial charge in [-0.3, -0.25) is 0 Å². The molecule has 6 nitrogen and oxygen atoms in total. The zero-order valence-corrected chi connectivity index (χ0v) is 36.3. The van der Waals surface area contributed by atoms with Crippen LogP contribution in [0.15, 0.2) is 145 Å². The molecule has 1 aliphatic carbocycles. The molecule has 0 amide bonds. The maximum Gasteiger partial charge on any atom is 0.125 e. The lowest BCUT2D eigenvalue weighted by atomic mass is 9.83. The predicted molar refractivity (Wildman–Crippen MR) is 244 cm³/mol. The number of benzene rings is 6. The lowest BCUT2D eigenvalue weighted by Crippen LogP contribution is -2.27. The van der Waals surface area contributed by atoms with Gasteiger partial charge in [-0.05, 0) is 110 Å². The predicted octanol–water partition coefficient (Wildman–Crippen LogP) is 13.2. The summed E-state index contributed by atoms with van der Waals surface area (Å²) in [6.07, 6.45) is 0. The number of hydrogen-bond acceptors (Lipinski definition) is 6. The van der Waals surface area contributed by atoms with Gasteiger partial charge in [-0.2, -0.15) is 0 Å². The molecule has 0 saturated heterocycles. The Morgan fingerprint density at radius 2 is 0.603 bits per heavy atom. The van der Waals surface area contributed by atoms with Crippen molar-refractivity contribution in [3.63, 3.8) is 0 Å². The Kier molecular flexibility index (Phi) is 17.3. The Labute approximate surface area is 347 Å². The van der Waals surface area contributed by atoms with Gasteiger partial charge in [0.1, 0.15) is 11.5 Å². The van der Waals surface area contributed by atoms with Gasteiger partial charge in [-0.25, -0.2) is 0 Å². The highest BCUT2D eigenvalue weighted by Gasteiger charge is 2.26. The van der Waals surface area contributed by atoms with Gasteiger partial charge in [0, 0.05) is 57.4 Å². The Morgan fingerprint density at radius 1 is 0.362 bits per heavy atom. The number of aryl methyl sites for hydroxylation is 4. The van der Waals surface area contributed by atoms with Gasteiger partial charge in [-0.1, -0.05) is 140 Å². The summed E-state index contributed by atoms with van der Waals surface area (Å²) in [6, 6.07) is 41.9. The summed E-state index contributed by atoms with van der Waals surface area (Å²) in [5, 5.41) is 49.9. The minimum atomic E-state index is -0.523. The molecule has 0 aromatic heterocycles. The van der Waals surface area contributed by atoms with Crippen LogP contribution in [0.3, 0.4) is 0 Å². The topological polar surface area (TPSA) is 93.1 Å². The van der Waals surface area contributed by atoms with E-state index >= 15 is 0 Å². The van der Waals surface area contributed by atoms with Gasteiger partial charge in [0.05, 0.1) is 0 Å². The molecule has 0 bridgehead atoms. The molecule has 0 spiro atoms. The summed E-state index contributed by atoms with van der Waals surface area (Å²) in [7, 11) is 0. The second-order valence-corrected chi connectivity index (χ2v) is 12.6. The van der Waals surface area contributed by atoms with Crippen LogP contribution in [0.4, 0.5) is 34.1 Å². The number of phenolic OH excluding ortho intramolecular Hbond substituents is 2. The van der Waals surface area contributed by atoms with Crippen LogP contribution in [0.2, 0.25) is 0 Å². The molecule has 0 heterocycles. The fourth-order valence-corrected chi connectivity index (χ4v) is 6.70. The van der Waals surface area contributed by atoms with E-state index in [9.17, 15) is 20.4 Å². The van der Waals surface area contributed by atoms with E-state index in [0.29, 0.717) is 11.4 Å². The van der Waals surface area contributed by atoms with Gasteiger partial charge < -0.3 is 30.2 Å². The van der Waals surface area contributed by atoms with Crippen molar-refractivity contribution in [2.24, 2.45) is 0 Å². The average molecular weight is 777 g/mol. The third-order valence-electron chi connectivity index (χ3n) is 9.35. The highest BCUT2D eigenvalue weighted by molar-refractivity contribution is 6.07. The third-order valence-corrected chi connectivity index (χ3v) is 9.35. The fraction of sp³-hybridized carbons (Fsp3) is 0.231. The molecule has 0 radical (unpaired) electrons. The first-order valence-corrected chi connectivity index (χ1v) is 20.5. The zero-order chi connectivity index (χ0) is 43.1. The van der Waals surface area contributed by atoms with E-state index in [1.165, 1.54) is 0 Å². The van der Waals surface area contributed by atoms with Crippen molar-refractivity contribution in [1.82, 2.24) is 0 Å². The van der Waals surface area contributed by atoms with Crippen molar-refractivity contribution in [3.05, 3.63) is 178 Å². The molecule has 0 unspecified atom stereocenters. The van der Waals surface area contributed by atoms with Crippen LogP contribution >= 0.6 is 0 Å². The summed E-state index contributed by atoms with van der Waals surface area (Å²) >= 11 is 0. The van der Waals surface area contributed by atoms with E-state index in [-0.39, 0.29) is 33.8 Å². The molecule has 2 N–H and O–H groups in total. The Balaban J connectivity index is 0.00000106. The molecule has 6 aromatic rings. The lowest BCUT2D eigenvalue weighted by molar-refractivity contribution is -0.316. The number of nitrogens with zero attached hydrogens (tertiary/aromatic N) is 2. The van der Waals surface area contributed by atoms with Crippen LogP contribution in [-0.2, 0) is 0 Å². The van der Waals surface area contributed by atoms with Crippen LogP contribution in [0.25, 0.3) is 11.1 Å². The van der Waals surface area contributed by atoms with Crippen LogP contribution in [0.5, 0.6) is 11.5 Å². The Hall–Kier alpha value is -6.40. The maximum atomic E-state index is 13.6. The highest BCUT2D eigenvalue weighted by atomic mass is 16.3. The molecule has 0 atom stereocenters. The molecule has 7 rings (SSSR count). The lowest BCUT2D eigenvalue weighted by Gasteiger charge is -2.40. The normalized spacial score (nSPS) is 11.2. The molecular formula is C52H60N2O4-2. The minimum Gasteiger partial charge on any atom is -0.872 e. The summed E-state index contributed by atoms with van der Waals surface area (Å²) in [4.78, 5) is 4.11. The van der Waals surface area contributed by atoms with E-state index in [1.807, 2.05) is 180 Å². The number of aromatic hydroxyl groups is 2. The molecule has 1 aliphatic rings. The largest absolute Gasteiger partial charge is 0.872 e. The Bertz CT molecular complexity index is 2070. The standard InChI is InChI=1S/C44H38N2O4.4C2H6/c1-27-13-5-9-17-35(27)45(36-18-10-6-14-28(36)2)31-21-23-33(39(47)25-31)41-43(49)42(44(41)50)34-24-22-32(26-40(34)48)46(37-19-11-7-15-29(37)3)38-20-12-8-16-30(38)4;4*1-2/h5-26,47-50H,1-4H3;4*1-2H3/p-2. The van der Waals surface area contributed by atoms with Gasteiger partial charge >= 0.3 is 0 Å². The van der Waals surface area contributed by atoms with Crippen LogP contribution in [0.1, 0.15) is 88.8 Å². The fourth-order valence-electron chi connectivity index (χ4n) is 6.70. The first kappa shape index (κ1) is 46.0. The maximum absolute atomic E-state index is 13.6. The third kappa shape index (κ3) is 9.41. The summed E-state index contributed by atoms with van der Waals surface area (Å²) in [5.74, 6) is -1.41. The smallest absolute Gasteiger partial charge is 0.125 e. The van der Waals surface area contributed by atoms with Gasteiger partial charge in [-0.15, -0.1) is 0 Å². The second kappa shape index (κ2) is 21.8. The van der Waals surface area contributed by atoms with E-state index in [4.69, 9.17) is 0 Å². The van der Waals surface area contributed by atoms with Crippen molar-refractivity contribution in [3.8, 4) is 11.5 Å². The van der Waals surface area contributed by atoms with Gasteiger partial charge in [0.15, 0.2) is 0 Å². The van der Waals surface area contributed by atoms with Crippen molar-refractivity contribution >= 4 is 45.3 Å². The van der Waals surface area contributed by atoms with Gasteiger partial charge in [0.25, 0.3) is 0 Å².